The molecule has 2 N–H and O–H groups in total. The monoisotopic (exact) mass is 253 g/mol. The molecule has 0 bridgehead atoms. The average molecular weight is 254 g/mol. The van der Waals surface area contributed by atoms with Crippen LogP contribution in [0.15, 0.2) is 30.5 Å². The number of hydrogen-bond donors (Lipinski definition) is 1. The first-order valence-corrected chi connectivity index (χ1v) is 5.63. The Balaban J connectivity index is 2.20. The van der Waals surface area contributed by atoms with E-state index in [1.165, 1.54) is 6.07 Å². The van der Waals surface area contributed by atoms with Crippen molar-refractivity contribution in [2.45, 2.75) is 12.5 Å². The Kier molecular flexibility index (Phi) is 3.45. The predicted molar refractivity (Wildman–Crippen MR) is 65.3 cm³/mol. The van der Waals surface area contributed by atoms with E-state index >= 15 is 0 Å². The number of aromatic nitrogens is 2. The van der Waals surface area contributed by atoms with Crippen LogP contribution in [0.5, 0.6) is 0 Å². The standard InChI is InChI=1S/C12H13ClFN3/c1-17-6-5-8(16-17)7-11(15)9-3-2-4-10(14)12(9)13/h2-6,11H,7,15H2,1H3. The Hall–Kier alpha value is -1.39. The van der Waals surface area contributed by atoms with E-state index in [-0.39, 0.29) is 11.1 Å². The average Bonchev–Trinajstić information content (AvgIpc) is 2.68. The van der Waals surface area contributed by atoms with Crippen molar-refractivity contribution < 1.29 is 4.39 Å². The molecule has 0 fully saturated rings. The largest absolute Gasteiger partial charge is 0.324 e. The molecule has 3 nitrogen and oxygen atoms in total. The van der Waals surface area contributed by atoms with Crippen molar-refractivity contribution >= 4 is 11.6 Å². The van der Waals surface area contributed by atoms with Crippen molar-refractivity contribution in [1.82, 2.24) is 9.78 Å². The molecule has 0 aliphatic rings. The Labute approximate surface area is 104 Å². The fourth-order valence-electron chi connectivity index (χ4n) is 1.71. The van der Waals surface area contributed by atoms with Crippen molar-refractivity contribution in [3.63, 3.8) is 0 Å². The van der Waals surface area contributed by atoms with E-state index in [0.717, 1.165) is 5.69 Å². The van der Waals surface area contributed by atoms with Crippen LogP contribution < -0.4 is 5.73 Å². The molecule has 1 atom stereocenters. The number of nitrogens with zero attached hydrogens (tertiary/aromatic N) is 2. The van der Waals surface area contributed by atoms with Gasteiger partial charge in [-0.25, -0.2) is 4.39 Å². The molecule has 90 valence electrons. The molecule has 0 aliphatic heterocycles. The van der Waals surface area contributed by atoms with E-state index in [1.54, 1.807) is 16.8 Å². The highest BCUT2D eigenvalue weighted by atomic mass is 35.5. The van der Waals surface area contributed by atoms with Crippen LogP contribution >= 0.6 is 11.6 Å². The molecule has 1 aromatic carbocycles. The van der Waals surface area contributed by atoms with Crippen LogP contribution in [0.2, 0.25) is 5.02 Å². The highest BCUT2D eigenvalue weighted by molar-refractivity contribution is 6.31. The summed E-state index contributed by atoms with van der Waals surface area (Å²) >= 11 is 5.88. The second kappa shape index (κ2) is 4.85. The Bertz CT molecular complexity index is 524. The summed E-state index contributed by atoms with van der Waals surface area (Å²) in [6.07, 6.45) is 2.37. The van der Waals surface area contributed by atoms with E-state index in [2.05, 4.69) is 5.10 Å². The zero-order chi connectivity index (χ0) is 12.4. The van der Waals surface area contributed by atoms with Gasteiger partial charge in [0.2, 0.25) is 0 Å². The van der Waals surface area contributed by atoms with E-state index < -0.39 is 5.82 Å². The molecule has 17 heavy (non-hydrogen) atoms. The van der Waals surface area contributed by atoms with Gasteiger partial charge in [0, 0.05) is 25.7 Å². The van der Waals surface area contributed by atoms with Crippen molar-refractivity contribution in [3.8, 4) is 0 Å². The first-order chi connectivity index (χ1) is 8.08. The van der Waals surface area contributed by atoms with Crippen molar-refractivity contribution in [2.75, 3.05) is 0 Å². The minimum Gasteiger partial charge on any atom is -0.324 e. The van der Waals surface area contributed by atoms with Gasteiger partial charge in [-0.15, -0.1) is 0 Å². The summed E-state index contributed by atoms with van der Waals surface area (Å²) in [6.45, 7) is 0. The summed E-state index contributed by atoms with van der Waals surface area (Å²) in [6, 6.07) is 6.19. The second-order valence-corrected chi connectivity index (χ2v) is 4.31. The van der Waals surface area contributed by atoms with E-state index in [9.17, 15) is 4.39 Å². The number of rotatable bonds is 3. The predicted octanol–water partition coefficient (Wildman–Crippen LogP) is 2.46. The van der Waals surface area contributed by atoms with Gasteiger partial charge in [0.1, 0.15) is 5.82 Å². The lowest BCUT2D eigenvalue weighted by Gasteiger charge is -2.12. The number of benzene rings is 1. The lowest BCUT2D eigenvalue weighted by Crippen LogP contribution is -2.14. The Morgan fingerprint density at radius 1 is 1.47 bits per heavy atom. The van der Waals surface area contributed by atoms with E-state index in [4.69, 9.17) is 17.3 Å². The summed E-state index contributed by atoms with van der Waals surface area (Å²) in [4.78, 5) is 0. The third kappa shape index (κ3) is 2.65. The minimum atomic E-state index is -0.444. The second-order valence-electron chi connectivity index (χ2n) is 3.93. The first kappa shape index (κ1) is 12.1. The van der Waals surface area contributed by atoms with Gasteiger partial charge in [-0.1, -0.05) is 23.7 Å². The molecule has 2 rings (SSSR count). The van der Waals surface area contributed by atoms with Crippen LogP contribution in [0.3, 0.4) is 0 Å². The molecule has 1 aromatic heterocycles. The molecule has 5 heteroatoms. The molecule has 0 spiro atoms. The Morgan fingerprint density at radius 3 is 2.88 bits per heavy atom. The van der Waals surface area contributed by atoms with Crippen molar-refractivity contribution in [3.05, 3.63) is 52.6 Å². The van der Waals surface area contributed by atoms with Gasteiger partial charge >= 0.3 is 0 Å². The zero-order valence-electron chi connectivity index (χ0n) is 9.40. The van der Waals surface area contributed by atoms with E-state index in [0.29, 0.717) is 12.0 Å². The zero-order valence-corrected chi connectivity index (χ0v) is 10.2. The number of hydrogen-bond acceptors (Lipinski definition) is 2. The van der Waals surface area contributed by atoms with Gasteiger partial charge in [0.15, 0.2) is 0 Å². The lowest BCUT2D eigenvalue weighted by molar-refractivity contribution is 0.616. The van der Waals surface area contributed by atoms with Gasteiger partial charge in [0.25, 0.3) is 0 Å². The smallest absolute Gasteiger partial charge is 0.142 e. The molecule has 1 unspecified atom stereocenters. The quantitative estimate of drug-likeness (QED) is 0.913. The molecule has 0 amide bonds. The minimum absolute atomic E-state index is 0.0935. The molecule has 0 aliphatic carbocycles. The van der Waals surface area contributed by atoms with Crippen molar-refractivity contribution in [2.24, 2.45) is 12.8 Å². The van der Waals surface area contributed by atoms with Crippen LogP contribution in [-0.2, 0) is 13.5 Å². The molecule has 0 saturated heterocycles. The molecular weight excluding hydrogens is 241 g/mol. The van der Waals surface area contributed by atoms with E-state index in [1.807, 2.05) is 19.3 Å². The molecule has 0 saturated carbocycles. The summed E-state index contributed by atoms with van der Waals surface area (Å²) in [5.41, 5.74) is 7.48. The molecule has 0 radical (unpaired) electrons. The normalized spacial score (nSPS) is 12.7. The maximum Gasteiger partial charge on any atom is 0.142 e. The van der Waals surface area contributed by atoms with Gasteiger partial charge in [-0.05, 0) is 17.7 Å². The molecular formula is C12H13ClFN3. The van der Waals surface area contributed by atoms with Gasteiger partial charge in [-0.3, -0.25) is 4.68 Å². The summed E-state index contributed by atoms with van der Waals surface area (Å²) in [5, 5.41) is 4.32. The SMILES string of the molecule is Cn1ccc(CC(N)c2cccc(F)c2Cl)n1. The summed E-state index contributed by atoms with van der Waals surface area (Å²) in [7, 11) is 1.84. The van der Waals surface area contributed by atoms with Crippen molar-refractivity contribution in [1.29, 1.82) is 0 Å². The highest BCUT2D eigenvalue weighted by Gasteiger charge is 2.14. The first-order valence-electron chi connectivity index (χ1n) is 5.26. The third-order valence-corrected chi connectivity index (χ3v) is 2.98. The van der Waals surface area contributed by atoms with Crippen LogP contribution in [0.4, 0.5) is 4.39 Å². The van der Waals surface area contributed by atoms with Crippen LogP contribution in [0.1, 0.15) is 17.3 Å². The number of nitrogens with two attached hydrogens (primary N) is 1. The molecule has 2 aromatic rings. The van der Waals surface area contributed by atoms with Gasteiger partial charge < -0.3 is 5.73 Å². The fraction of sp³-hybridized carbons (Fsp3) is 0.250. The van der Waals surface area contributed by atoms with Crippen LogP contribution in [0, 0.1) is 5.82 Å². The number of aryl methyl sites for hydroxylation is 1. The van der Waals surface area contributed by atoms with Crippen LogP contribution in [-0.4, -0.2) is 9.78 Å². The Morgan fingerprint density at radius 2 is 2.24 bits per heavy atom. The summed E-state index contributed by atoms with van der Waals surface area (Å²) < 4.78 is 15.0. The lowest BCUT2D eigenvalue weighted by atomic mass is 10.0. The fourth-order valence-corrected chi connectivity index (χ4v) is 1.98. The van der Waals surface area contributed by atoms with Gasteiger partial charge in [0.05, 0.1) is 10.7 Å². The number of halogens is 2. The molecule has 1 heterocycles. The maximum absolute atomic E-state index is 13.3. The third-order valence-electron chi connectivity index (χ3n) is 2.58. The van der Waals surface area contributed by atoms with Crippen LogP contribution in [0.25, 0.3) is 0 Å². The highest BCUT2D eigenvalue weighted by Crippen LogP contribution is 2.26. The van der Waals surface area contributed by atoms with Gasteiger partial charge in [-0.2, -0.15) is 5.10 Å². The summed E-state index contributed by atoms with van der Waals surface area (Å²) in [5.74, 6) is -0.444. The topological polar surface area (TPSA) is 43.8 Å². The maximum atomic E-state index is 13.3.